The summed E-state index contributed by atoms with van der Waals surface area (Å²) in [5.41, 5.74) is 7.60. The lowest BCUT2D eigenvalue weighted by Gasteiger charge is -2.26. The molecule has 0 aliphatic carbocycles. The summed E-state index contributed by atoms with van der Waals surface area (Å²) >= 11 is 0. The largest absolute Gasteiger partial charge is 0.496 e. The fourth-order valence-corrected chi connectivity index (χ4v) is 2.22. The van der Waals surface area contributed by atoms with Gasteiger partial charge in [-0.25, -0.2) is 4.98 Å². The Hall–Kier alpha value is -2.14. The van der Waals surface area contributed by atoms with E-state index >= 15 is 0 Å². The van der Waals surface area contributed by atoms with Gasteiger partial charge < -0.3 is 15.4 Å². The summed E-state index contributed by atoms with van der Waals surface area (Å²) < 4.78 is 5.41. The first-order valence-electron chi connectivity index (χ1n) is 7.01. The van der Waals surface area contributed by atoms with Crippen molar-refractivity contribution >= 4 is 5.82 Å². The van der Waals surface area contributed by atoms with E-state index in [-0.39, 0.29) is 6.04 Å². The average Bonchev–Trinajstić information content (AvgIpc) is 2.54. The summed E-state index contributed by atoms with van der Waals surface area (Å²) in [5.74, 6) is 1.75. The zero-order valence-corrected chi connectivity index (χ0v) is 12.8. The van der Waals surface area contributed by atoms with Crippen molar-refractivity contribution in [1.82, 2.24) is 9.97 Å². The van der Waals surface area contributed by atoms with Crippen molar-refractivity contribution in [2.45, 2.75) is 25.9 Å². The minimum atomic E-state index is 0.267. The number of benzene rings is 1. The lowest BCUT2D eigenvalue weighted by molar-refractivity contribution is 0.408. The van der Waals surface area contributed by atoms with Gasteiger partial charge in [0.05, 0.1) is 19.0 Å². The Kier molecular flexibility index (Phi) is 5.11. The van der Waals surface area contributed by atoms with Gasteiger partial charge >= 0.3 is 0 Å². The van der Waals surface area contributed by atoms with E-state index in [4.69, 9.17) is 10.5 Å². The molecule has 0 aliphatic rings. The molecular formula is C16H22N4O. The second kappa shape index (κ2) is 7.04. The zero-order chi connectivity index (χ0) is 15.2. The molecule has 0 radical (unpaired) electrons. The van der Waals surface area contributed by atoms with Crippen LogP contribution < -0.4 is 15.4 Å². The molecule has 1 heterocycles. The Bertz CT molecular complexity index is 588. The molecular weight excluding hydrogens is 264 g/mol. The number of nitrogens with two attached hydrogens (primary N) is 1. The molecule has 2 rings (SSSR count). The second-order valence-corrected chi connectivity index (χ2v) is 5.05. The Balaban J connectivity index is 2.13. The molecule has 1 unspecified atom stereocenters. The molecule has 21 heavy (non-hydrogen) atoms. The first-order chi connectivity index (χ1) is 10.2. The number of anilines is 1. The maximum absolute atomic E-state index is 5.62. The standard InChI is InChI=1S/C16H22N4O/c1-12(8-13-6-4-5-7-15(13)21-3)20(2)16-11-18-10-14(9-17)19-16/h4-7,10-12H,8-9,17H2,1-3H3. The van der Waals surface area contributed by atoms with Gasteiger partial charge in [0.2, 0.25) is 0 Å². The summed E-state index contributed by atoms with van der Waals surface area (Å²) in [6.07, 6.45) is 4.33. The van der Waals surface area contributed by atoms with Crippen LogP contribution in [0.4, 0.5) is 5.82 Å². The maximum atomic E-state index is 5.62. The molecule has 0 bridgehead atoms. The number of hydrogen-bond acceptors (Lipinski definition) is 5. The maximum Gasteiger partial charge on any atom is 0.147 e. The molecule has 1 aromatic carbocycles. The topological polar surface area (TPSA) is 64.3 Å². The van der Waals surface area contributed by atoms with Gasteiger partial charge in [0.15, 0.2) is 0 Å². The van der Waals surface area contributed by atoms with Crippen LogP contribution >= 0.6 is 0 Å². The van der Waals surface area contributed by atoms with Crippen LogP contribution in [-0.4, -0.2) is 30.2 Å². The zero-order valence-electron chi connectivity index (χ0n) is 12.8. The Morgan fingerprint density at radius 1 is 1.29 bits per heavy atom. The van der Waals surface area contributed by atoms with Gasteiger partial charge in [-0.1, -0.05) is 18.2 Å². The van der Waals surface area contributed by atoms with E-state index in [9.17, 15) is 0 Å². The lowest BCUT2D eigenvalue weighted by Crippen LogP contribution is -2.32. The lowest BCUT2D eigenvalue weighted by atomic mass is 10.1. The number of aromatic nitrogens is 2. The molecule has 1 atom stereocenters. The van der Waals surface area contributed by atoms with Crippen molar-refractivity contribution in [3.8, 4) is 5.75 Å². The number of para-hydroxylation sites is 1. The van der Waals surface area contributed by atoms with Gasteiger partial charge in [0.25, 0.3) is 0 Å². The van der Waals surface area contributed by atoms with Gasteiger partial charge in [-0.2, -0.15) is 0 Å². The fourth-order valence-electron chi connectivity index (χ4n) is 2.22. The smallest absolute Gasteiger partial charge is 0.147 e. The van der Waals surface area contributed by atoms with Crippen LogP contribution in [0.5, 0.6) is 5.75 Å². The van der Waals surface area contributed by atoms with E-state index in [0.29, 0.717) is 6.54 Å². The van der Waals surface area contributed by atoms with Crippen molar-refractivity contribution < 1.29 is 4.74 Å². The van der Waals surface area contributed by atoms with E-state index in [1.54, 1.807) is 19.5 Å². The molecule has 2 N–H and O–H groups in total. The van der Waals surface area contributed by atoms with E-state index in [2.05, 4.69) is 27.9 Å². The summed E-state index contributed by atoms with van der Waals surface area (Å²) in [6.45, 7) is 2.55. The minimum absolute atomic E-state index is 0.267. The summed E-state index contributed by atoms with van der Waals surface area (Å²) in [7, 11) is 3.72. The molecule has 112 valence electrons. The molecule has 2 aromatic rings. The number of likely N-dealkylation sites (N-methyl/N-ethyl adjacent to an activating group) is 1. The third-order valence-electron chi connectivity index (χ3n) is 3.61. The van der Waals surface area contributed by atoms with Crippen molar-refractivity contribution in [2.75, 3.05) is 19.1 Å². The van der Waals surface area contributed by atoms with Crippen LogP contribution in [0.3, 0.4) is 0 Å². The number of methoxy groups -OCH3 is 1. The predicted octanol–water partition coefficient (Wildman–Crippen LogP) is 2.01. The molecule has 0 saturated heterocycles. The first-order valence-corrected chi connectivity index (χ1v) is 7.01. The highest BCUT2D eigenvalue weighted by Crippen LogP contribution is 2.21. The molecule has 5 nitrogen and oxygen atoms in total. The Morgan fingerprint density at radius 2 is 2.05 bits per heavy atom. The molecule has 0 spiro atoms. The second-order valence-electron chi connectivity index (χ2n) is 5.05. The minimum Gasteiger partial charge on any atom is -0.496 e. The average molecular weight is 286 g/mol. The number of hydrogen-bond donors (Lipinski definition) is 1. The van der Waals surface area contributed by atoms with Crippen molar-refractivity contribution in [1.29, 1.82) is 0 Å². The van der Waals surface area contributed by atoms with Crippen LogP contribution in [0.2, 0.25) is 0 Å². The summed E-state index contributed by atoms with van der Waals surface area (Å²) in [4.78, 5) is 10.8. The van der Waals surface area contributed by atoms with E-state index < -0.39 is 0 Å². The highest BCUT2D eigenvalue weighted by atomic mass is 16.5. The van der Waals surface area contributed by atoms with Gasteiger partial charge in [-0.05, 0) is 25.0 Å². The monoisotopic (exact) mass is 286 g/mol. The SMILES string of the molecule is COc1ccccc1CC(C)N(C)c1cncc(CN)n1. The van der Waals surface area contributed by atoms with Gasteiger partial charge in [-0.15, -0.1) is 0 Å². The van der Waals surface area contributed by atoms with Crippen molar-refractivity contribution in [3.63, 3.8) is 0 Å². The van der Waals surface area contributed by atoms with Gasteiger partial charge in [0, 0.05) is 25.8 Å². The van der Waals surface area contributed by atoms with Crippen molar-refractivity contribution in [2.24, 2.45) is 5.73 Å². The van der Waals surface area contributed by atoms with Gasteiger partial charge in [-0.3, -0.25) is 4.98 Å². The predicted molar refractivity (Wildman–Crippen MR) is 84.5 cm³/mol. The van der Waals surface area contributed by atoms with E-state index in [0.717, 1.165) is 23.7 Å². The number of rotatable bonds is 6. The third kappa shape index (κ3) is 3.70. The number of nitrogens with zero attached hydrogens (tertiary/aromatic N) is 3. The van der Waals surface area contributed by atoms with Crippen LogP contribution in [0.1, 0.15) is 18.2 Å². The van der Waals surface area contributed by atoms with Crippen LogP contribution in [0.25, 0.3) is 0 Å². The van der Waals surface area contributed by atoms with Crippen LogP contribution in [-0.2, 0) is 13.0 Å². The fraction of sp³-hybridized carbons (Fsp3) is 0.375. The number of ether oxygens (including phenoxy) is 1. The summed E-state index contributed by atoms with van der Waals surface area (Å²) in [5, 5.41) is 0. The Morgan fingerprint density at radius 3 is 2.76 bits per heavy atom. The third-order valence-corrected chi connectivity index (χ3v) is 3.61. The molecule has 5 heteroatoms. The van der Waals surface area contributed by atoms with E-state index in [1.807, 2.05) is 25.2 Å². The van der Waals surface area contributed by atoms with Crippen LogP contribution in [0.15, 0.2) is 36.7 Å². The molecule has 1 aromatic heterocycles. The normalized spacial score (nSPS) is 12.0. The highest BCUT2D eigenvalue weighted by Gasteiger charge is 2.14. The molecule has 0 fully saturated rings. The molecule has 0 aliphatic heterocycles. The first kappa shape index (κ1) is 15.3. The summed E-state index contributed by atoms with van der Waals surface area (Å²) in [6, 6.07) is 8.35. The molecule has 0 saturated carbocycles. The Labute approximate surface area is 125 Å². The van der Waals surface area contributed by atoms with E-state index in [1.165, 1.54) is 5.56 Å². The quantitative estimate of drug-likeness (QED) is 0.880. The highest BCUT2D eigenvalue weighted by molar-refractivity contribution is 5.39. The van der Waals surface area contributed by atoms with Gasteiger partial charge in [0.1, 0.15) is 11.6 Å². The van der Waals surface area contributed by atoms with Crippen LogP contribution in [0, 0.1) is 0 Å². The molecule has 0 amide bonds. The van der Waals surface area contributed by atoms with Crippen molar-refractivity contribution in [3.05, 3.63) is 47.9 Å².